The smallest absolute Gasteiger partial charge is 0.317 e. The highest BCUT2D eigenvalue weighted by atomic mass is 16.4. The molecule has 0 aromatic heterocycles. The summed E-state index contributed by atoms with van der Waals surface area (Å²) < 4.78 is 0. The zero-order valence-electron chi connectivity index (χ0n) is 12.4. The van der Waals surface area contributed by atoms with Crippen molar-refractivity contribution in [2.75, 3.05) is 19.6 Å². The second-order valence-corrected chi connectivity index (χ2v) is 6.32. The van der Waals surface area contributed by atoms with Gasteiger partial charge in [-0.15, -0.1) is 0 Å². The molecule has 5 nitrogen and oxygen atoms in total. The molecule has 0 bridgehead atoms. The number of nitrogens with zero attached hydrogens (tertiary/aromatic N) is 1. The van der Waals surface area contributed by atoms with E-state index in [2.05, 4.69) is 12.2 Å². The van der Waals surface area contributed by atoms with Crippen LogP contribution in [0.1, 0.15) is 51.9 Å². The summed E-state index contributed by atoms with van der Waals surface area (Å²) in [4.78, 5) is 25.2. The molecule has 2 amide bonds. The first-order valence-corrected chi connectivity index (χ1v) is 7.83. The van der Waals surface area contributed by atoms with Gasteiger partial charge in [0.05, 0.1) is 5.41 Å². The van der Waals surface area contributed by atoms with Gasteiger partial charge in [-0.3, -0.25) is 4.79 Å². The van der Waals surface area contributed by atoms with Gasteiger partial charge in [0.2, 0.25) is 0 Å². The third-order valence-electron chi connectivity index (χ3n) is 4.94. The number of carbonyl (C=O) groups excluding carboxylic acids is 1. The van der Waals surface area contributed by atoms with Crippen LogP contribution in [0.4, 0.5) is 4.79 Å². The van der Waals surface area contributed by atoms with Crippen molar-refractivity contribution >= 4 is 12.0 Å². The molecule has 0 aromatic carbocycles. The van der Waals surface area contributed by atoms with Gasteiger partial charge in [0.15, 0.2) is 0 Å². The van der Waals surface area contributed by atoms with Gasteiger partial charge >= 0.3 is 12.0 Å². The maximum Gasteiger partial charge on any atom is 0.317 e. The zero-order chi connectivity index (χ0) is 14.6. The number of carboxylic acids is 1. The number of hydrogen-bond donors (Lipinski definition) is 2. The monoisotopic (exact) mass is 282 g/mol. The van der Waals surface area contributed by atoms with Crippen molar-refractivity contribution in [3.05, 3.63) is 0 Å². The van der Waals surface area contributed by atoms with Crippen LogP contribution >= 0.6 is 0 Å². The van der Waals surface area contributed by atoms with Gasteiger partial charge in [0.25, 0.3) is 0 Å². The Morgan fingerprint density at radius 3 is 2.40 bits per heavy atom. The highest BCUT2D eigenvalue weighted by molar-refractivity contribution is 5.79. The van der Waals surface area contributed by atoms with E-state index in [1.54, 1.807) is 0 Å². The standard InChI is InChI=1S/C15H26N2O3/c1-2-4-12-5-9-17(10-6-12)14(20)16-11-15(13(18)19)7-3-8-15/h12H,2-11H2,1H3,(H,16,20)(H,18,19). The molecule has 1 aliphatic heterocycles. The topological polar surface area (TPSA) is 69.6 Å². The first kappa shape index (κ1) is 15.1. The Morgan fingerprint density at radius 1 is 1.30 bits per heavy atom. The minimum absolute atomic E-state index is 0.0903. The highest BCUT2D eigenvalue weighted by Crippen LogP contribution is 2.40. The molecular formula is C15H26N2O3. The van der Waals surface area contributed by atoms with E-state index in [9.17, 15) is 14.7 Å². The number of amides is 2. The third-order valence-corrected chi connectivity index (χ3v) is 4.94. The molecule has 0 atom stereocenters. The molecule has 1 saturated carbocycles. The van der Waals surface area contributed by atoms with Crippen LogP contribution < -0.4 is 5.32 Å². The molecule has 0 radical (unpaired) electrons. The molecule has 1 heterocycles. The van der Waals surface area contributed by atoms with Crippen LogP contribution in [0, 0.1) is 11.3 Å². The summed E-state index contributed by atoms with van der Waals surface area (Å²) in [6.07, 6.45) is 6.92. The van der Waals surface area contributed by atoms with E-state index in [1.807, 2.05) is 4.90 Å². The van der Waals surface area contributed by atoms with Gasteiger partial charge in [0, 0.05) is 19.6 Å². The van der Waals surface area contributed by atoms with Crippen molar-refractivity contribution in [1.29, 1.82) is 0 Å². The van der Waals surface area contributed by atoms with Gasteiger partial charge in [0.1, 0.15) is 0 Å². The van der Waals surface area contributed by atoms with Gasteiger partial charge in [-0.1, -0.05) is 26.2 Å². The Balaban J connectivity index is 1.74. The lowest BCUT2D eigenvalue weighted by atomic mass is 9.69. The predicted octanol–water partition coefficient (Wildman–Crippen LogP) is 2.46. The average molecular weight is 282 g/mol. The fourth-order valence-electron chi connectivity index (χ4n) is 3.26. The molecule has 2 rings (SSSR count). The predicted molar refractivity (Wildman–Crippen MR) is 76.5 cm³/mol. The minimum Gasteiger partial charge on any atom is -0.481 e. The number of hydrogen-bond acceptors (Lipinski definition) is 2. The lowest BCUT2D eigenvalue weighted by Crippen LogP contribution is -2.51. The van der Waals surface area contributed by atoms with Crippen molar-refractivity contribution in [1.82, 2.24) is 10.2 Å². The van der Waals surface area contributed by atoms with E-state index in [0.717, 1.165) is 38.3 Å². The van der Waals surface area contributed by atoms with Crippen LogP contribution in [0.25, 0.3) is 0 Å². The second-order valence-electron chi connectivity index (χ2n) is 6.32. The van der Waals surface area contributed by atoms with Gasteiger partial charge < -0.3 is 15.3 Å². The van der Waals surface area contributed by atoms with Crippen LogP contribution in [-0.4, -0.2) is 41.6 Å². The lowest BCUT2D eigenvalue weighted by molar-refractivity contribution is -0.153. The number of carboxylic acid groups (broad SMARTS) is 1. The van der Waals surface area contributed by atoms with E-state index in [-0.39, 0.29) is 12.6 Å². The van der Waals surface area contributed by atoms with Crippen LogP contribution in [0.15, 0.2) is 0 Å². The number of aliphatic carboxylic acids is 1. The first-order chi connectivity index (χ1) is 9.57. The molecule has 0 aromatic rings. The SMILES string of the molecule is CCCC1CCN(C(=O)NCC2(C(=O)O)CCC2)CC1. The quantitative estimate of drug-likeness (QED) is 0.814. The number of nitrogens with one attached hydrogen (secondary N) is 1. The lowest BCUT2D eigenvalue weighted by Gasteiger charge is -2.39. The number of carbonyl (C=O) groups is 2. The Labute approximate surface area is 120 Å². The highest BCUT2D eigenvalue weighted by Gasteiger charge is 2.44. The molecule has 2 aliphatic rings. The molecule has 2 N–H and O–H groups in total. The third kappa shape index (κ3) is 3.25. The van der Waals surface area contributed by atoms with Crippen LogP contribution in [0.5, 0.6) is 0 Å². The average Bonchev–Trinajstić information content (AvgIpc) is 2.38. The molecule has 0 spiro atoms. The molecule has 1 aliphatic carbocycles. The summed E-state index contributed by atoms with van der Waals surface area (Å²) in [6.45, 7) is 4.08. The number of rotatable bonds is 5. The fourth-order valence-corrected chi connectivity index (χ4v) is 3.26. The Kier molecular flexibility index (Phi) is 4.89. The fraction of sp³-hybridized carbons (Fsp3) is 0.867. The van der Waals surface area contributed by atoms with E-state index >= 15 is 0 Å². The van der Waals surface area contributed by atoms with E-state index in [4.69, 9.17) is 0 Å². The largest absolute Gasteiger partial charge is 0.481 e. The van der Waals surface area contributed by atoms with Crippen molar-refractivity contribution in [3.8, 4) is 0 Å². The molecule has 20 heavy (non-hydrogen) atoms. The van der Waals surface area contributed by atoms with Gasteiger partial charge in [-0.2, -0.15) is 0 Å². The first-order valence-electron chi connectivity index (χ1n) is 7.83. The minimum atomic E-state index is -0.772. The van der Waals surface area contributed by atoms with Crippen molar-refractivity contribution < 1.29 is 14.7 Å². The number of likely N-dealkylation sites (tertiary alicyclic amines) is 1. The van der Waals surface area contributed by atoms with Crippen LogP contribution in [-0.2, 0) is 4.79 Å². The molecule has 1 saturated heterocycles. The summed E-state index contributed by atoms with van der Waals surface area (Å²) in [7, 11) is 0. The van der Waals surface area contributed by atoms with Crippen LogP contribution in [0.3, 0.4) is 0 Å². The molecule has 2 fully saturated rings. The summed E-state index contributed by atoms with van der Waals surface area (Å²) in [5.41, 5.74) is -0.698. The molecule has 114 valence electrons. The van der Waals surface area contributed by atoms with E-state index < -0.39 is 11.4 Å². The Bertz CT molecular complexity index is 358. The summed E-state index contributed by atoms with van der Waals surface area (Å²) in [5, 5.41) is 12.1. The van der Waals surface area contributed by atoms with E-state index in [1.165, 1.54) is 12.8 Å². The van der Waals surface area contributed by atoms with Gasteiger partial charge in [-0.05, 0) is 31.6 Å². The zero-order valence-corrected chi connectivity index (χ0v) is 12.4. The number of urea groups is 1. The van der Waals surface area contributed by atoms with Crippen molar-refractivity contribution in [3.63, 3.8) is 0 Å². The summed E-state index contributed by atoms with van der Waals surface area (Å²) in [6, 6.07) is -0.0903. The summed E-state index contributed by atoms with van der Waals surface area (Å²) >= 11 is 0. The Morgan fingerprint density at radius 2 is 1.95 bits per heavy atom. The molecule has 5 heteroatoms. The van der Waals surface area contributed by atoms with E-state index in [0.29, 0.717) is 12.8 Å². The second kappa shape index (κ2) is 6.46. The number of piperidine rings is 1. The van der Waals surface area contributed by atoms with Crippen LogP contribution in [0.2, 0.25) is 0 Å². The maximum absolute atomic E-state index is 12.1. The summed E-state index contributed by atoms with van der Waals surface area (Å²) in [5.74, 6) is -0.0215. The van der Waals surface area contributed by atoms with Gasteiger partial charge in [-0.25, -0.2) is 4.79 Å². The molecule has 0 unspecified atom stereocenters. The van der Waals surface area contributed by atoms with Crippen molar-refractivity contribution in [2.24, 2.45) is 11.3 Å². The molecular weight excluding hydrogens is 256 g/mol. The normalized spacial score (nSPS) is 22.1. The maximum atomic E-state index is 12.1. The Hall–Kier alpha value is -1.26. The van der Waals surface area contributed by atoms with Crippen molar-refractivity contribution in [2.45, 2.75) is 51.9 Å².